The molecule has 0 amide bonds. The number of rotatable bonds is 5. The van der Waals surface area contributed by atoms with E-state index < -0.39 is 0 Å². The second-order valence-corrected chi connectivity index (χ2v) is 4.36. The van der Waals surface area contributed by atoms with E-state index in [-0.39, 0.29) is 5.82 Å². The van der Waals surface area contributed by atoms with Gasteiger partial charge in [-0.15, -0.1) is 0 Å². The molecule has 0 radical (unpaired) electrons. The summed E-state index contributed by atoms with van der Waals surface area (Å²) >= 11 is 5.95. The molecule has 2 aromatic rings. The van der Waals surface area contributed by atoms with Crippen LogP contribution in [0.3, 0.4) is 0 Å². The Morgan fingerprint density at radius 3 is 2.78 bits per heavy atom. The van der Waals surface area contributed by atoms with Crippen LogP contribution in [0.25, 0.3) is 0 Å². The van der Waals surface area contributed by atoms with Gasteiger partial charge in [0.2, 0.25) is 0 Å². The highest BCUT2D eigenvalue weighted by Crippen LogP contribution is 2.18. The van der Waals surface area contributed by atoms with Gasteiger partial charge in [-0.3, -0.25) is 4.98 Å². The number of halogens is 2. The Bertz CT molecular complexity index is 482. The topological polar surface area (TPSA) is 24.9 Å². The zero-order valence-corrected chi connectivity index (χ0v) is 10.6. The van der Waals surface area contributed by atoms with Crippen molar-refractivity contribution in [2.24, 2.45) is 0 Å². The zero-order valence-electron chi connectivity index (χ0n) is 9.87. The van der Waals surface area contributed by atoms with Gasteiger partial charge in [0.1, 0.15) is 5.82 Å². The monoisotopic (exact) mass is 264 g/mol. The van der Waals surface area contributed by atoms with E-state index >= 15 is 0 Å². The summed E-state index contributed by atoms with van der Waals surface area (Å²) in [5.41, 5.74) is 1.53. The fourth-order valence-corrected chi connectivity index (χ4v) is 1.96. The summed E-state index contributed by atoms with van der Waals surface area (Å²) in [6.07, 6.45) is 2.32. The standard InChI is InChI=1S/C14H14ClFN2/c15-13-5-3-6-14(16)12(13)7-9-17-10-11-4-1-2-8-18-11/h1-6,8,17H,7,9-10H2. The van der Waals surface area contributed by atoms with Gasteiger partial charge in [-0.1, -0.05) is 23.7 Å². The van der Waals surface area contributed by atoms with Crippen molar-refractivity contribution in [1.82, 2.24) is 10.3 Å². The Balaban J connectivity index is 1.82. The van der Waals surface area contributed by atoms with Crippen LogP contribution in [0.4, 0.5) is 4.39 Å². The first-order valence-corrected chi connectivity index (χ1v) is 6.18. The first kappa shape index (κ1) is 13.0. The minimum atomic E-state index is -0.248. The second kappa shape index (κ2) is 6.47. The number of hydrogen-bond donors (Lipinski definition) is 1. The summed E-state index contributed by atoms with van der Waals surface area (Å²) in [4.78, 5) is 4.20. The van der Waals surface area contributed by atoms with Crippen molar-refractivity contribution in [3.63, 3.8) is 0 Å². The van der Waals surface area contributed by atoms with E-state index in [1.165, 1.54) is 6.07 Å². The van der Waals surface area contributed by atoms with Gasteiger partial charge in [0, 0.05) is 23.3 Å². The lowest BCUT2D eigenvalue weighted by Gasteiger charge is -2.07. The zero-order chi connectivity index (χ0) is 12.8. The maximum absolute atomic E-state index is 13.5. The van der Waals surface area contributed by atoms with E-state index in [2.05, 4.69) is 10.3 Å². The SMILES string of the molecule is Fc1cccc(Cl)c1CCNCc1ccccn1. The lowest BCUT2D eigenvalue weighted by Crippen LogP contribution is -2.18. The Morgan fingerprint density at radius 1 is 1.17 bits per heavy atom. The maximum atomic E-state index is 13.5. The van der Waals surface area contributed by atoms with Gasteiger partial charge in [0.25, 0.3) is 0 Å². The van der Waals surface area contributed by atoms with Crippen molar-refractivity contribution in [2.75, 3.05) is 6.54 Å². The van der Waals surface area contributed by atoms with Crippen LogP contribution < -0.4 is 5.32 Å². The largest absolute Gasteiger partial charge is 0.311 e. The predicted octanol–water partition coefficient (Wildman–Crippen LogP) is 3.21. The molecule has 0 aliphatic carbocycles. The summed E-state index contributed by atoms with van der Waals surface area (Å²) in [5, 5.41) is 3.70. The number of hydrogen-bond acceptors (Lipinski definition) is 2. The average Bonchev–Trinajstić information content (AvgIpc) is 2.38. The van der Waals surface area contributed by atoms with Crippen LogP contribution in [-0.4, -0.2) is 11.5 Å². The molecule has 1 heterocycles. The van der Waals surface area contributed by atoms with Crippen LogP contribution in [0.2, 0.25) is 5.02 Å². The highest BCUT2D eigenvalue weighted by Gasteiger charge is 2.05. The highest BCUT2D eigenvalue weighted by atomic mass is 35.5. The maximum Gasteiger partial charge on any atom is 0.127 e. The molecule has 1 N–H and O–H groups in total. The summed E-state index contributed by atoms with van der Waals surface area (Å²) in [7, 11) is 0. The molecule has 0 saturated heterocycles. The Labute approximate surface area is 111 Å². The Hall–Kier alpha value is -1.45. The van der Waals surface area contributed by atoms with Gasteiger partial charge < -0.3 is 5.32 Å². The van der Waals surface area contributed by atoms with Crippen LogP contribution in [0, 0.1) is 5.82 Å². The van der Waals surface area contributed by atoms with Gasteiger partial charge in [-0.05, 0) is 37.2 Å². The minimum Gasteiger partial charge on any atom is -0.311 e. The second-order valence-electron chi connectivity index (χ2n) is 3.95. The summed E-state index contributed by atoms with van der Waals surface area (Å²) < 4.78 is 13.5. The molecule has 0 aliphatic rings. The van der Waals surface area contributed by atoms with Crippen molar-refractivity contribution in [3.05, 3.63) is 64.7 Å². The molecule has 0 atom stereocenters. The lowest BCUT2D eigenvalue weighted by molar-refractivity contribution is 0.596. The van der Waals surface area contributed by atoms with Gasteiger partial charge in [0.15, 0.2) is 0 Å². The van der Waals surface area contributed by atoms with Crippen LogP contribution in [0.15, 0.2) is 42.6 Å². The molecule has 0 spiro atoms. The highest BCUT2D eigenvalue weighted by molar-refractivity contribution is 6.31. The molecule has 94 valence electrons. The third-order valence-corrected chi connectivity index (χ3v) is 3.00. The molecule has 4 heteroatoms. The lowest BCUT2D eigenvalue weighted by atomic mass is 10.1. The molecule has 0 unspecified atom stereocenters. The van der Waals surface area contributed by atoms with E-state index in [1.807, 2.05) is 18.2 Å². The van der Waals surface area contributed by atoms with Crippen molar-refractivity contribution in [3.8, 4) is 0 Å². The first-order chi connectivity index (χ1) is 8.77. The van der Waals surface area contributed by atoms with Gasteiger partial charge >= 0.3 is 0 Å². The van der Waals surface area contributed by atoms with E-state index in [1.54, 1.807) is 18.3 Å². The quantitative estimate of drug-likeness (QED) is 0.839. The van der Waals surface area contributed by atoms with Gasteiger partial charge in [-0.2, -0.15) is 0 Å². The van der Waals surface area contributed by atoms with Crippen molar-refractivity contribution >= 4 is 11.6 Å². The average molecular weight is 265 g/mol. The fourth-order valence-electron chi connectivity index (χ4n) is 1.70. The van der Waals surface area contributed by atoms with Crippen molar-refractivity contribution < 1.29 is 4.39 Å². The molecular weight excluding hydrogens is 251 g/mol. The van der Waals surface area contributed by atoms with Crippen LogP contribution in [0.5, 0.6) is 0 Å². The molecule has 0 saturated carbocycles. The summed E-state index contributed by atoms with van der Waals surface area (Å²) in [5.74, 6) is -0.248. The molecular formula is C14H14ClFN2. The van der Waals surface area contributed by atoms with E-state index in [4.69, 9.17) is 11.6 Å². The summed E-state index contributed by atoms with van der Waals surface area (Å²) in [6, 6.07) is 10.5. The normalized spacial score (nSPS) is 10.6. The first-order valence-electron chi connectivity index (χ1n) is 5.81. The molecule has 0 aliphatic heterocycles. The number of aromatic nitrogens is 1. The predicted molar refractivity (Wildman–Crippen MR) is 71.1 cm³/mol. The molecule has 2 rings (SSSR count). The number of benzene rings is 1. The molecule has 1 aromatic heterocycles. The van der Waals surface area contributed by atoms with E-state index in [0.717, 1.165) is 5.69 Å². The Kier molecular flexibility index (Phi) is 4.67. The fraction of sp³-hybridized carbons (Fsp3) is 0.214. The smallest absolute Gasteiger partial charge is 0.127 e. The molecule has 18 heavy (non-hydrogen) atoms. The van der Waals surface area contributed by atoms with E-state index in [9.17, 15) is 4.39 Å². The van der Waals surface area contributed by atoms with E-state index in [0.29, 0.717) is 30.1 Å². The third-order valence-electron chi connectivity index (χ3n) is 2.65. The number of nitrogens with one attached hydrogen (secondary N) is 1. The van der Waals surface area contributed by atoms with Crippen molar-refractivity contribution in [1.29, 1.82) is 0 Å². The molecule has 0 bridgehead atoms. The minimum absolute atomic E-state index is 0.248. The number of nitrogens with zero attached hydrogens (tertiary/aromatic N) is 1. The van der Waals surface area contributed by atoms with Crippen LogP contribution in [-0.2, 0) is 13.0 Å². The molecule has 0 fully saturated rings. The van der Waals surface area contributed by atoms with Gasteiger partial charge in [0.05, 0.1) is 5.69 Å². The van der Waals surface area contributed by atoms with Crippen molar-refractivity contribution in [2.45, 2.75) is 13.0 Å². The molecule has 1 aromatic carbocycles. The number of pyridine rings is 1. The Morgan fingerprint density at radius 2 is 2.06 bits per heavy atom. The van der Waals surface area contributed by atoms with Crippen LogP contribution in [0.1, 0.15) is 11.3 Å². The molecule has 2 nitrogen and oxygen atoms in total. The third kappa shape index (κ3) is 3.52. The summed E-state index contributed by atoms with van der Waals surface area (Å²) in [6.45, 7) is 1.34. The van der Waals surface area contributed by atoms with Crippen LogP contribution >= 0.6 is 11.6 Å². The van der Waals surface area contributed by atoms with Gasteiger partial charge in [-0.25, -0.2) is 4.39 Å².